The Morgan fingerprint density at radius 2 is 0.429 bits per heavy atom. The maximum absolute atomic E-state index is 0. The minimum Gasteiger partial charge on any atom is -1.00 e. The van der Waals surface area contributed by atoms with Crippen LogP contribution < -0.4 is 37.2 Å². The molecule has 0 aliphatic carbocycles. The van der Waals surface area contributed by atoms with Gasteiger partial charge < -0.3 is 53.6 Å². The van der Waals surface area contributed by atoms with Gasteiger partial charge in [0.05, 0.1) is 0 Å². The molecule has 7 heteroatoms. The Morgan fingerprint density at radius 3 is 0.429 bits per heavy atom. The van der Waals surface area contributed by atoms with E-state index in [9.17, 15) is 0 Å². The molecule has 0 aromatic heterocycles. The van der Waals surface area contributed by atoms with Crippen molar-refractivity contribution in [3.8, 4) is 0 Å². The van der Waals surface area contributed by atoms with Gasteiger partial charge in [0.2, 0.25) is 0 Å². The van der Waals surface area contributed by atoms with Crippen LogP contribution in [0.5, 0.6) is 0 Å². The Kier molecular flexibility index (Phi) is 3470. The Labute approximate surface area is 79.2 Å². The second kappa shape index (κ2) is 127. The Balaban J connectivity index is 0. The van der Waals surface area contributed by atoms with E-state index in [-0.39, 0.29) is 79.5 Å². The van der Waals surface area contributed by atoms with E-state index in [2.05, 4.69) is 0 Å². The fourth-order valence-electron chi connectivity index (χ4n) is 0. The van der Waals surface area contributed by atoms with E-state index < -0.39 is 0 Å². The van der Waals surface area contributed by atoms with E-state index >= 15 is 0 Å². The van der Waals surface area contributed by atoms with Gasteiger partial charge in [-0.15, -0.1) is 0 Å². The molecule has 0 aliphatic rings. The van der Waals surface area contributed by atoms with Crippen LogP contribution in [0.1, 0.15) is 0 Å². The van der Waals surface area contributed by atoms with Crippen molar-refractivity contribution in [1.29, 1.82) is 0 Å². The summed E-state index contributed by atoms with van der Waals surface area (Å²) in [5, 5.41) is 0. The quantitative estimate of drug-likeness (QED) is 0.419. The maximum atomic E-state index is 0. The molecule has 7 heavy (non-hydrogen) atoms. The van der Waals surface area contributed by atoms with Gasteiger partial charge in [0.1, 0.15) is 0 Å². The number of hydrogen-bond donors (Lipinski definition) is 0. The van der Waals surface area contributed by atoms with Crippen LogP contribution in [0.15, 0.2) is 0 Å². The third-order valence-electron chi connectivity index (χ3n) is 0. The van der Waals surface area contributed by atoms with Crippen molar-refractivity contribution in [1.82, 2.24) is 0 Å². The second-order valence-electron chi connectivity index (χ2n) is 0. The summed E-state index contributed by atoms with van der Waals surface area (Å²) in [6.07, 6.45) is 0. The molecule has 0 spiro atoms. The number of rotatable bonds is 0. The molecule has 0 aromatic carbocycles. The molecule has 0 aliphatic heterocycles. The van der Waals surface area contributed by atoms with Crippen molar-refractivity contribution < 1.29 is 53.6 Å². The maximum Gasteiger partial charge on any atom is 3.00 e. The van der Waals surface area contributed by atoms with E-state index in [1.54, 1.807) is 0 Å². The van der Waals surface area contributed by atoms with Gasteiger partial charge in [-0.2, -0.15) is 0 Å². The summed E-state index contributed by atoms with van der Waals surface area (Å²) in [7, 11) is 0. The summed E-state index contributed by atoms with van der Waals surface area (Å²) in [6.45, 7) is 0. The molecule has 0 saturated carbocycles. The molecule has 6 N–H and O–H groups in total. The van der Waals surface area contributed by atoms with Crippen LogP contribution in [-0.4, -0.2) is 42.3 Å². The van der Waals surface area contributed by atoms with Crippen molar-refractivity contribution in [3.63, 3.8) is 0 Å². The zero-order valence-electron chi connectivity index (χ0n) is 3.21. The molecule has 0 bridgehead atoms. The van der Waals surface area contributed by atoms with Crippen LogP contribution in [0, 0.1) is 0 Å². The SMILES string of the molecule is O.O.O.[113In+3].[Cl-].[Cl-].[Cl-]. The molecule has 0 atom stereocenters. The Morgan fingerprint density at radius 1 is 0.429 bits per heavy atom. The zero-order chi connectivity index (χ0) is 0. The fraction of sp³-hybridized carbons (Fsp3) is 0. The van der Waals surface area contributed by atoms with Crippen molar-refractivity contribution >= 4 is 25.8 Å². The molecular formula is H6Cl3InO3. The molecular weight excluding hydrogens is 267 g/mol. The van der Waals surface area contributed by atoms with Crippen LogP contribution in [0.4, 0.5) is 0 Å². The topological polar surface area (TPSA) is 94.5 Å². The molecule has 3 nitrogen and oxygen atoms in total. The van der Waals surface area contributed by atoms with Crippen molar-refractivity contribution in [2.75, 3.05) is 0 Å². The fourth-order valence-corrected chi connectivity index (χ4v) is 0. The van der Waals surface area contributed by atoms with Crippen LogP contribution >= 0.6 is 0 Å². The van der Waals surface area contributed by atoms with Gasteiger partial charge >= 0.3 is 25.8 Å². The first-order valence-electron chi connectivity index (χ1n) is 0. The monoisotopic (exact) mass is 272 g/mol. The summed E-state index contributed by atoms with van der Waals surface area (Å²) < 4.78 is 0. The normalized spacial score (nSPS) is 0. The van der Waals surface area contributed by atoms with Gasteiger partial charge in [0, 0.05) is 0 Å². The van der Waals surface area contributed by atoms with Gasteiger partial charge in [0.15, 0.2) is 0 Å². The molecule has 0 unspecified atom stereocenters. The van der Waals surface area contributed by atoms with Gasteiger partial charge in [-0.25, -0.2) is 0 Å². The van der Waals surface area contributed by atoms with Crippen molar-refractivity contribution in [2.45, 2.75) is 0 Å². The standard InChI is InChI=1S/3ClH.In.3H2O/h3*1H;;3*1H2/q;;;+3;;;/p-3/i;;;1-2;;;. The summed E-state index contributed by atoms with van der Waals surface area (Å²) in [6, 6.07) is 0. The third-order valence-corrected chi connectivity index (χ3v) is 0. The van der Waals surface area contributed by atoms with E-state index in [0.29, 0.717) is 0 Å². The first kappa shape index (κ1) is 191. The molecule has 0 heterocycles. The minimum absolute atomic E-state index is 0. The average Bonchev–Trinajstić information content (AvgIpc) is 0. The summed E-state index contributed by atoms with van der Waals surface area (Å²) in [5.74, 6) is 0. The summed E-state index contributed by atoms with van der Waals surface area (Å²) in [5.41, 5.74) is 0. The first-order chi connectivity index (χ1) is 0. The van der Waals surface area contributed by atoms with Crippen LogP contribution in [0.2, 0.25) is 0 Å². The second-order valence-corrected chi connectivity index (χ2v) is 0. The van der Waals surface area contributed by atoms with Crippen molar-refractivity contribution in [3.05, 3.63) is 0 Å². The number of hydrogen-bond acceptors (Lipinski definition) is 0. The summed E-state index contributed by atoms with van der Waals surface area (Å²) in [4.78, 5) is 0. The van der Waals surface area contributed by atoms with Gasteiger partial charge in [-0.3, -0.25) is 0 Å². The molecule has 0 amide bonds. The van der Waals surface area contributed by atoms with Crippen molar-refractivity contribution in [2.24, 2.45) is 0 Å². The molecule has 0 aromatic rings. The molecule has 0 saturated heterocycles. The number of halogens is 3. The van der Waals surface area contributed by atoms with E-state index in [0.717, 1.165) is 0 Å². The Bertz CT molecular complexity index is 10.1. The molecule has 0 rings (SSSR count). The minimum atomic E-state index is 0. The summed E-state index contributed by atoms with van der Waals surface area (Å²) >= 11 is 0. The first-order valence-corrected chi connectivity index (χ1v) is 0. The van der Waals surface area contributed by atoms with Crippen LogP contribution in [0.25, 0.3) is 0 Å². The van der Waals surface area contributed by atoms with Gasteiger partial charge in [-0.05, 0) is 0 Å². The zero-order valence-corrected chi connectivity index (χ0v) is 8.77. The predicted molar refractivity (Wildman–Crippen MR) is 16.6 cm³/mol. The smallest absolute Gasteiger partial charge is 1.00 e. The Hall–Kier alpha value is 1.62. The molecule has 0 fully saturated rings. The van der Waals surface area contributed by atoms with Gasteiger partial charge in [-0.1, -0.05) is 0 Å². The van der Waals surface area contributed by atoms with Gasteiger partial charge in [0.25, 0.3) is 0 Å². The molecule has 48 valence electrons. The van der Waals surface area contributed by atoms with E-state index in [1.165, 1.54) is 0 Å². The molecule has 0 radical (unpaired) electrons. The third kappa shape index (κ3) is 91.7. The van der Waals surface area contributed by atoms with E-state index in [1.807, 2.05) is 0 Å². The largest absolute Gasteiger partial charge is 3.00 e. The van der Waals surface area contributed by atoms with E-state index in [4.69, 9.17) is 0 Å². The predicted octanol–water partition coefficient (Wildman–Crippen LogP) is -11.8. The van der Waals surface area contributed by atoms with Crippen LogP contribution in [0.3, 0.4) is 0 Å². The van der Waals surface area contributed by atoms with Crippen LogP contribution in [-0.2, 0) is 0 Å². The average molecular weight is 273 g/mol.